The van der Waals surface area contributed by atoms with Crippen LogP contribution in [-0.4, -0.2) is 29.7 Å². The Morgan fingerprint density at radius 1 is 1.40 bits per heavy atom. The predicted octanol–water partition coefficient (Wildman–Crippen LogP) is 1.50. The monoisotopic (exact) mass is 282 g/mol. The van der Waals surface area contributed by atoms with Crippen LogP contribution in [0.3, 0.4) is 0 Å². The molecule has 1 aliphatic rings. The van der Waals surface area contributed by atoms with Crippen LogP contribution >= 0.6 is 0 Å². The van der Waals surface area contributed by atoms with E-state index in [4.69, 9.17) is 5.11 Å². The summed E-state index contributed by atoms with van der Waals surface area (Å²) in [5.74, 6) is -2.47. The molecule has 0 saturated carbocycles. The average molecular weight is 282 g/mol. The predicted molar refractivity (Wildman–Crippen MR) is 66.9 cm³/mol. The third kappa shape index (κ3) is 2.93. The fourth-order valence-electron chi connectivity index (χ4n) is 1.98. The van der Waals surface area contributed by atoms with E-state index in [1.165, 1.54) is 18.2 Å². The molecule has 0 unspecified atom stereocenters. The first-order valence-corrected chi connectivity index (χ1v) is 5.89. The molecule has 1 atom stereocenters. The molecular formula is C13H12F2N2O3. The Bertz CT molecular complexity index is 587. The van der Waals surface area contributed by atoms with E-state index in [2.05, 4.69) is 10.6 Å². The molecule has 2 rings (SSSR count). The van der Waals surface area contributed by atoms with Crippen molar-refractivity contribution in [2.24, 2.45) is 0 Å². The third-order valence-corrected chi connectivity index (χ3v) is 2.96. The first-order valence-electron chi connectivity index (χ1n) is 5.89. The second-order valence-corrected chi connectivity index (χ2v) is 4.29. The van der Waals surface area contributed by atoms with Gasteiger partial charge in [-0.15, -0.1) is 0 Å². The molecule has 0 saturated heterocycles. The SMILES string of the molecule is O=C(O)N[C@@H]1CC=C(c2cccc(F)c2F)CNC1=O. The minimum atomic E-state index is -1.32. The molecule has 5 nitrogen and oxygen atoms in total. The second kappa shape index (κ2) is 5.68. The van der Waals surface area contributed by atoms with Crippen molar-refractivity contribution < 1.29 is 23.5 Å². The summed E-state index contributed by atoms with van der Waals surface area (Å²) in [6.45, 7) is 0.0109. The number of rotatable bonds is 2. The summed E-state index contributed by atoms with van der Waals surface area (Å²) in [6, 6.07) is 2.83. The highest BCUT2D eigenvalue weighted by molar-refractivity contribution is 5.88. The lowest BCUT2D eigenvalue weighted by molar-refractivity contribution is -0.122. The summed E-state index contributed by atoms with van der Waals surface area (Å²) in [5, 5.41) is 13.2. The summed E-state index contributed by atoms with van der Waals surface area (Å²) in [6.07, 6.45) is 0.277. The van der Waals surface area contributed by atoms with Gasteiger partial charge >= 0.3 is 6.09 Å². The first-order chi connectivity index (χ1) is 9.49. The van der Waals surface area contributed by atoms with E-state index in [1.807, 2.05) is 0 Å². The summed E-state index contributed by atoms with van der Waals surface area (Å²) >= 11 is 0. The number of nitrogens with one attached hydrogen (secondary N) is 2. The van der Waals surface area contributed by atoms with Gasteiger partial charge in [0.2, 0.25) is 5.91 Å². The van der Waals surface area contributed by atoms with Crippen molar-refractivity contribution in [3.8, 4) is 0 Å². The van der Waals surface area contributed by atoms with E-state index >= 15 is 0 Å². The van der Waals surface area contributed by atoms with Crippen molar-refractivity contribution in [3.05, 3.63) is 41.5 Å². The smallest absolute Gasteiger partial charge is 0.405 e. The number of carbonyl (C=O) groups excluding carboxylic acids is 1. The summed E-state index contributed by atoms with van der Waals surface area (Å²) in [5.41, 5.74) is 0.464. The lowest BCUT2D eigenvalue weighted by Gasteiger charge is -2.11. The fourth-order valence-corrected chi connectivity index (χ4v) is 1.98. The van der Waals surface area contributed by atoms with E-state index in [9.17, 15) is 18.4 Å². The molecule has 1 aliphatic heterocycles. The van der Waals surface area contributed by atoms with Gasteiger partial charge in [-0.3, -0.25) is 4.79 Å². The lowest BCUT2D eigenvalue weighted by Crippen LogP contribution is -2.45. The third-order valence-electron chi connectivity index (χ3n) is 2.96. The summed E-state index contributed by atoms with van der Waals surface area (Å²) < 4.78 is 26.9. The van der Waals surface area contributed by atoms with Crippen LogP contribution in [0.2, 0.25) is 0 Å². The van der Waals surface area contributed by atoms with Gasteiger partial charge in [0.1, 0.15) is 6.04 Å². The molecule has 2 amide bonds. The van der Waals surface area contributed by atoms with Crippen molar-refractivity contribution in [1.82, 2.24) is 10.6 Å². The molecule has 0 fully saturated rings. The summed E-state index contributed by atoms with van der Waals surface area (Å²) in [4.78, 5) is 22.2. The number of carbonyl (C=O) groups is 2. The van der Waals surface area contributed by atoms with Crippen LogP contribution in [0, 0.1) is 11.6 Å². The van der Waals surface area contributed by atoms with Crippen LogP contribution in [0.15, 0.2) is 24.3 Å². The van der Waals surface area contributed by atoms with E-state index in [1.54, 1.807) is 0 Å². The van der Waals surface area contributed by atoms with E-state index < -0.39 is 29.7 Å². The molecule has 3 N–H and O–H groups in total. The van der Waals surface area contributed by atoms with Crippen molar-refractivity contribution in [1.29, 1.82) is 0 Å². The van der Waals surface area contributed by atoms with Gasteiger partial charge in [-0.1, -0.05) is 18.2 Å². The largest absolute Gasteiger partial charge is 0.465 e. The van der Waals surface area contributed by atoms with Crippen molar-refractivity contribution in [2.75, 3.05) is 6.54 Å². The van der Waals surface area contributed by atoms with Crippen molar-refractivity contribution in [2.45, 2.75) is 12.5 Å². The molecule has 20 heavy (non-hydrogen) atoms. The van der Waals surface area contributed by atoms with Gasteiger partial charge in [0, 0.05) is 12.1 Å². The Morgan fingerprint density at radius 2 is 2.15 bits per heavy atom. The average Bonchev–Trinajstić information content (AvgIpc) is 2.56. The molecule has 7 heteroatoms. The van der Waals surface area contributed by atoms with Crippen LogP contribution in [0.5, 0.6) is 0 Å². The molecule has 106 valence electrons. The standard InChI is InChI=1S/C13H12F2N2O3/c14-9-3-1-2-8(11(9)15)7-4-5-10(17-13(19)20)12(18)16-6-7/h1-4,10,17H,5-6H2,(H,16,18)(H,19,20)/t10-/m1/s1. The zero-order valence-corrected chi connectivity index (χ0v) is 10.3. The number of halogens is 2. The molecule has 1 aromatic carbocycles. The van der Waals surface area contributed by atoms with Crippen molar-refractivity contribution in [3.63, 3.8) is 0 Å². The lowest BCUT2D eigenvalue weighted by atomic mass is 10.0. The van der Waals surface area contributed by atoms with Gasteiger partial charge in [-0.05, 0) is 18.1 Å². The molecule has 0 aliphatic carbocycles. The molecule has 0 bridgehead atoms. The maximum atomic E-state index is 13.7. The Hall–Kier alpha value is -2.44. The Labute approximate surface area is 113 Å². The summed E-state index contributed by atoms with van der Waals surface area (Å²) in [7, 11) is 0. The quantitative estimate of drug-likeness (QED) is 0.769. The Balaban J connectivity index is 2.26. The molecule has 0 radical (unpaired) electrons. The van der Waals surface area contributed by atoms with E-state index in [-0.39, 0.29) is 18.5 Å². The van der Waals surface area contributed by atoms with Crippen LogP contribution in [0.1, 0.15) is 12.0 Å². The normalized spacial score (nSPS) is 18.8. The van der Waals surface area contributed by atoms with Gasteiger partial charge in [0.15, 0.2) is 11.6 Å². The van der Waals surface area contributed by atoms with Crippen LogP contribution in [-0.2, 0) is 4.79 Å². The van der Waals surface area contributed by atoms with Crippen molar-refractivity contribution >= 4 is 17.6 Å². The van der Waals surface area contributed by atoms with Gasteiger partial charge in [-0.2, -0.15) is 0 Å². The maximum Gasteiger partial charge on any atom is 0.405 e. The number of benzene rings is 1. The zero-order valence-electron chi connectivity index (χ0n) is 10.3. The molecule has 1 heterocycles. The number of amides is 2. The molecule has 0 aromatic heterocycles. The van der Waals surface area contributed by atoms with Gasteiger partial charge < -0.3 is 15.7 Å². The van der Waals surface area contributed by atoms with Gasteiger partial charge in [0.25, 0.3) is 0 Å². The maximum absolute atomic E-state index is 13.7. The minimum Gasteiger partial charge on any atom is -0.465 e. The number of carboxylic acid groups (broad SMARTS) is 1. The Kier molecular flexibility index (Phi) is 3.97. The highest BCUT2D eigenvalue weighted by Crippen LogP contribution is 2.22. The molecule has 1 aromatic rings. The topological polar surface area (TPSA) is 78.4 Å². The highest BCUT2D eigenvalue weighted by Gasteiger charge is 2.23. The Morgan fingerprint density at radius 3 is 2.85 bits per heavy atom. The molecular weight excluding hydrogens is 270 g/mol. The van der Waals surface area contributed by atoms with Gasteiger partial charge in [0.05, 0.1) is 0 Å². The van der Waals surface area contributed by atoms with Crippen LogP contribution in [0.25, 0.3) is 5.57 Å². The zero-order chi connectivity index (χ0) is 14.7. The fraction of sp³-hybridized carbons (Fsp3) is 0.231. The van der Waals surface area contributed by atoms with E-state index in [0.717, 1.165) is 6.07 Å². The van der Waals surface area contributed by atoms with Gasteiger partial charge in [-0.25, -0.2) is 13.6 Å². The van der Waals surface area contributed by atoms with Crippen LogP contribution in [0.4, 0.5) is 13.6 Å². The number of hydrogen-bond donors (Lipinski definition) is 3. The highest BCUT2D eigenvalue weighted by atomic mass is 19.2. The van der Waals surface area contributed by atoms with E-state index in [0.29, 0.717) is 5.57 Å². The number of hydrogen-bond acceptors (Lipinski definition) is 2. The molecule has 0 spiro atoms. The second-order valence-electron chi connectivity index (χ2n) is 4.29. The van der Waals surface area contributed by atoms with Crippen LogP contribution < -0.4 is 10.6 Å². The minimum absolute atomic E-state index is 0.0109. The first kappa shape index (κ1) is 14.0.